The highest BCUT2D eigenvalue weighted by Gasteiger charge is 2.14. The zero-order valence-electron chi connectivity index (χ0n) is 13.8. The van der Waals surface area contributed by atoms with E-state index >= 15 is 0 Å². The van der Waals surface area contributed by atoms with Crippen LogP contribution in [0.15, 0.2) is 36.4 Å². The lowest BCUT2D eigenvalue weighted by Crippen LogP contribution is -2.00. The first-order valence-corrected chi connectivity index (χ1v) is 7.75. The number of anilines is 1. The number of aryl methyl sites for hydroxylation is 1. The molecule has 0 spiro atoms. The highest BCUT2D eigenvalue weighted by atomic mass is 19.1. The summed E-state index contributed by atoms with van der Waals surface area (Å²) in [5.74, 6) is -0.479. The Labute approximate surface area is 137 Å². The predicted octanol–water partition coefficient (Wildman–Crippen LogP) is 5.13. The van der Waals surface area contributed by atoms with Crippen molar-refractivity contribution in [3.8, 4) is 6.07 Å². The second kappa shape index (κ2) is 7.11. The lowest BCUT2D eigenvalue weighted by Gasteiger charge is -2.16. The number of allylic oxidation sites excluding steroid dienone is 1. The summed E-state index contributed by atoms with van der Waals surface area (Å²) in [6.45, 7) is 5.95. The minimum Gasteiger partial charge on any atom is -0.398 e. The van der Waals surface area contributed by atoms with Gasteiger partial charge in [0.05, 0.1) is 5.56 Å². The Bertz CT molecular complexity index is 798. The second-order valence-electron chi connectivity index (χ2n) is 5.69. The lowest BCUT2D eigenvalue weighted by molar-refractivity contribution is 0.622. The van der Waals surface area contributed by atoms with E-state index in [9.17, 15) is 4.39 Å². The maximum atomic E-state index is 13.8. The van der Waals surface area contributed by atoms with Gasteiger partial charge in [-0.15, -0.1) is 0 Å². The Morgan fingerprint density at radius 3 is 2.65 bits per heavy atom. The van der Waals surface area contributed by atoms with Crippen molar-refractivity contribution in [2.45, 2.75) is 33.6 Å². The fraction of sp³-hybridized carbons (Fsp3) is 0.250. The molecule has 0 atom stereocenters. The first-order chi connectivity index (χ1) is 11.0. The summed E-state index contributed by atoms with van der Waals surface area (Å²) in [6.07, 6.45) is 4.06. The van der Waals surface area contributed by atoms with Gasteiger partial charge in [-0.25, -0.2) is 4.39 Å². The van der Waals surface area contributed by atoms with Crippen LogP contribution in [0.1, 0.15) is 47.6 Å². The molecule has 2 N–H and O–H groups in total. The number of unbranched alkanes of at least 4 members (excludes halogenated alkanes) is 1. The molecule has 0 saturated carbocycles. The van der Waals surface area contributed by atoms with Crippen LogP contribution in [0.3, 0.4) is 0 Å². The molecule has 0 heterocycles. The molecular weight excluding hydrogens is 287 g/mol. The number of rotatable bonds is 4. The van der Waals surface area contributed by atoms with Crippen LogP contribution in [0.5, 0.6) is 0 Å². The molecule has 0 fully saturated rings. The standard InChI is InChI=1S/C20H21FN2/c1-4-5-7-17(16-8-6-9-20(23)14(16)3)18-11-15(12-22)19(21)10-13(18)2/h6-11H,4-5,23H2,1-3H3/b17-7-. The van der Waals surface area contributed by atoms with Crippen molar-refractivity contribution in [3.05, 3.63) is 70.0 Å². The monoisotopic (exact) mass is 308 g/mol. The molecule has 0 aromatic heterocycles. The molecule has 0 bridgehead atoms. The van der Waals surface area contributed by atoms with Gasteiger partial charge < -0.3 is 5.73 Å². The van der Waals surface area contributed by atoms with Gasteiger partial charge in [-0.2, -0.15) is 5.26 Å². The first kappa shape index (κ1) is 16.8. The molecule has 0 unspecified atom stereocenters. The minimum atomic E-state index is -0.479. The van der Waals surface area contributed by atoms with E-state index in [0.29, 0.717) is 0 Å². The molecule has 0 aliphatic rings. The van der Waals surface area contributed by atoms with Crippen LogP contribution >= 0.6 is 0 Å². The van der Waals surface area contributed by atoms with Crippen molar-refractivity contribution in [2.75, 3.05) is 5.73 Å². The van der Waals surface area contributed by atoms with Gasteiger partial charge in [-0.05, 0) is 66.3 Å². The van der Waals surface area contributed by atoms with Crippen LogP contribution in [0.4, 0.5) is 10.1 Å². The molecular formula is C20H21FN2. The lowest BCUT2D eigenvalue weighted by atomic mass is 9.89. The van der Waals surface area contributed by atoms with Gasteiger partial charge in [-0.3, -0.25) is 0 Å². The molecule has 0 saturated heterocycles. The van der Waals surface area contributed by atoms with Crippen LogP contribution in [-0.2, 0) is 0 Å². The zero-order valence-corrected chi connectivity index (χ0v) is 13.8. The SMILES string of the molecule is CCC/C=C(\c1cc(C#N)c(F)cc1C)c1cccc(N)c1C. The molecule has 2 nitrogen and oxygen atoms in total. The van der Waals surface area contributed by atoms with Crippen molar-refractivity contribution in [1.29, 1.82) is 5.26 Å². The van der Waals surface area contributed by atoms with Crippen LogP contribution < -0.4 is 5.73 Å². The van der Waals surface area contributed by atoms with E-state index < -0.39 is 5.82 Å². The number of halogens is 1. The quantitative estimate of drug-likeness (QED) is 0.796. The highest BCUT2D eigenvalue weighted by molar-refractivity contribution is 5.85. The molecule has 2 rings (SSSR count). The van der Waals surface area contributed by atoms with Gasteiger partial charge >= 0.3 is 0 Å². The third-order valence-corrected chi connectivity index (χ3v) is 4.03. The number of benzene rings is 2. The molecule has 0 radical (unpaired) electrons. The molecule has 3 heteroatoms. The van der Waals surface area contributed by atoms with Crippen LogP contribution in [0.25, 0.3) is 5.57 Å². The summed E-state index contributed by atoms with van der Waals surface area (Å²) in [5.41, 5.74) is 11.6. The van der Waals surface area contributed by atoms with Gasteiger partial charge in [0.15, 0.2) is 0 Å². The summed E-state index contributed by atoms with van der Waals surface area (Å²) in [5, 5.41) is 9.13. The van der Waals surface area contributed by atoms with E-state index in [0.717, 1.165) is 46.4 Å². The largest absolute Gasteiger partial charge is 0.398 e. The summed E-state index contributed by atoms with van der Waals surface area (Å²) in [4.78, 5) is 0. The first-order valence-electron chi connectivity index (χ1n) is 7.75. The highest BCUT2D eigenvalue weighted by Crippen LogP contribution is 2.32. The Balaban J connectivity index is 2.71. The van der Waals surface area contributed by atoms with Crippen LogP contribution in [0, 0.1) is 31.0 Å². The average Bonchev–Trinajstić information content (AvgIpc) is 2.53. The summed E-state index contributed by atoms with van der Waals surface area (Å²) >= 11 is 0. The molecule has 118 valence electrons. The predicted molar refractivity (Wildman–Crippen MR) is 93.4 cm³/mol. The maximum absolute atomic E-state index is 13.8. The topological polar surface area (TPSA) is 49.8 Å². The minimum absolute atomic E-state index is 0.0644. The third kappa shape index (κ3) is 3.43. The van der Waals surface area contributed by atoms with Gasteiger partial charge in [0.1, 0.15) is 11.9 Å². The molecule has 23 heavy (non-hydrogen) atoms. The van der Waals surface area contributed by atoms with Crippen molar-refractivity contribution in [1.82, 2.24) is 0 Å². The second-order valence-corrected chi connectivity index (χ2v) is 5.69. The van der Waals surface area contributed by atoms with E-state index in [1.165, 1.54) is 6.07 Å². The van der Waals surface area contributed by atoms with Crippen LogP contribution in [0.2, 0.25) is 0 Å². The van der Waals surface area contributed by atoms with Crippen molar-refractivity contribution < 1.29 is 4.39 Å². The van der Waals surface area contributed by atoms with Crippen molar-refractivity contribution >= 4 is 11.3 Å². The average molecular weight is 308 g/mol. The number of hydrogen-bond acceptors (Lipinski definition) is 2. The van der Waals surface area contributed by atoms with Gasteiger partial charge in [0.25, 0.3) is 0 Å². The van der Waals surface area contributed by atoms with E-state index in [2.05, 4.69) is 13.0 Å². The number of nitrogen functional groups attached to an aromatic ring is 1. The molecule has 2 aromatic rings. The molecule has 0 aliphatic carbocycles. The summed E-state index contributed by atoms with van der Waals surface area (Å²) in [7, 11) is 0. The van der Waals surface area contributed by atoms with Crippen molar-refractivity contribution in [2.24, 2.45) is 0 Å². The molecule has 0 aliphatic heterocycles. The summed E-state index contributed by atoms with van der Waals surface area (Å²) in [6, 6.07) is 10.8. The van der Waals surface area contributed by atoms with E-state index in [-0.39, 0.29) is 5.56 Å². The van der Waals surface area contributed by atoms with E-state index in [1.54, 1.807) is 6.07 Å². The van der Waals surface area contributed by atoms with Gasteiger partial charge in [0.2, 0.25) is 0 Å². The molecule has 0 amide bonds. The zero-order chi connectivity index (χ0) is 17.0. The fourth-order valence-corrected chi connectivity index (χ4v) is 2.65. The third-order valence-electron chi connectivity index (χ3n) is 4.03. The number of nitriles is 1. The number of nitrogens with two attached hydrogens (primary N) is 1. The van der Waals surface area contributed by atoms with E-state index in [4.69, 9.17) is 11.0 Å². The fourth-order valence-electron chi connectivity index (χ4n) is 2.65. The van der Waals surface area contributed by atoms with Gasteiger partial charge in [-0.1, -0.05) is 31.6 Å². The Morgan fingerprint density at radius 2 is 2.00 bits per heavy atom. The molecule has 2 aromatic carbocycles. The number of nitrogens with zero attached hydrogens (tertiary/aromatic N) is 1. The van der Waals surface area contributed by atoms with Gasteiger partial charge in [0, 0.05) is 5.69 Å². The maximum Gasteiger partial charge on any atom is 0.141 e. The summed E-state index contributed by atoms with van der Waals surface area (Å²) < 4.78 is 13.8. The van der Waals surface area contributed by atoms with E-state index in [1.807, 2.05) is 38.1 Å². The Hall–Kier alpha value is -2.60. The normalized spacial score (nSPS) is 11.3. The Kier molecular flexibility index (Phi) is 5.18. The number of hydrogen-bond donors (Lipinski definition) is 1. The Morgan fingerprint density at radius 1 is 1.26 bits per heavy atom. The smallest absolute Gasteiger partial charge is 0.141 e. The van der Waals surface area contributed by atoms with Crippen LogP contribution in [-0.4, -0.2) is 0 Å². The van der Waals surface area contributed by atoms with Crippen molar-refractivity contribution in [3.63, 3.8) is 0 Å².